The lowest BCUT2D eigenvalue weighted by atomic mass is 9.91. The van der Waals surface area contributed by atoms with Crippen LogP contribution in [-0.4, -0.2) is 37.3 Å². The molecule has 0 aromatic heterocycles. The van der Waals surface area contributed by atoms with Crippen LogP contribution >= 0.6 is 12.4 Å². The van der Waals surface area contributed by atoms with Crippen LogP contribution in [-0.2, 0) is 4.79 Å². The van der Waals surface area contributed by atoms with Crippen LogP contribution in [0.15, 0.2) is 24.3 Å². The molecular formula is C17H27ClN2O3. The number of halogens is 1. The molecule has 3 N–H and O–H groups in total. The summed E-state index contributed by atoms with van der Waals surface area (Å²) in [5, 5.41) is 15.7. The number of hydrogen-bond acceptors (Lipinski definition) is 4. The van der Waals surface area contributed by atoms with E-state index in [2.05, 4.69) is 17.6 Å². The van der Waals surface area contributed by atoms with Crippen molar-refractivity contribution in [3.05, 3.63) is 29.8 Å². The molecule has 1 saturated heterocycles. The van der Waals surface area contributed by atoms with Gasteiger partial charge in [0, 0.05) is 18.6 Å². The van der Waals surface area contributed by atoms with Gasteiger partial charge in [-0.1, -0.05) is 12.1 Å². The topological polar surface area (TPSA) is 70.6 Å². The molecule has 0 spiro atoms. The number of methoxy groups -OCH3 is 1. The maximum Gasteiger partial charge on any atom is 0.223 e. The molecule has 0 bridgehead atoms. The lowest BCUT2D eigenvalue weighted by Crippen LogP contribution is -2.43. The minimum atomic E-state index is -0.159. The van der Waals surface area contributed by atoms with Crippen LogP contribution in [0.4, 0.5) is 0 Å². The van der Waals surface area contributed by atoms with E-state index in [4.69, 9.17) is 4.74 Å². The first-order valence-corrected chi connectivity index (χ1v) is 7.92. The Morgan fingerprint density at radius 2 is 2.13 bits per heavy atom. The fourth-order valence-corrected chi connectivity index (χ4v) is 2.95. The number of piperidine rings is 1. The first-order valence-electron chi connectivity index (χ1n) is 7.92. The highest BCUT2D eigenvalue weighted by Gasteiger charge is 2.26. The molecular weight excluding hydrogens is 316 g/mol. The van der Waals surface area contributed by atoms with Crippen molar-refractivity contribution in [1.82, 2.24) is 10.6 Å². The molecule has 0 aliphatic carbocycles. The normalized spacial score (nSPS) is 21.9. The monoisotopic (exact) mass is 342 g/mol. The zero-order chi connectivity index (χ0) is 15.9. The summed E-state index contributed by atoms with van der Waals surface area (Å²) in [7, 11) is 1.63. The third kappa shape index (κ3) is 5.68. The SMILES string of the molecule is COc1ccc(C(CCO)NC(=O)[C@H]2CCN[C@@H](C)C2)cc1.Cl. The summed E-state index contributed by atoms with van der Waals surface area (Å²) in [5.41, 5.74) is 0.991. The molecule has 0 saturated carbocycles. The van der Waals surface area contributed by atoms with E-state index in [0.29, 0.717) is 12.5 Å². The van der Waals surface area contributed by atoms with Crippen LogP contribution in [0.2, 0.25) is 0 Å². The number of aliphatic hydroxyl groups excluding tert-OH is 1. The van der Waals surface area contributed by atoms with Crippen LogP contribution in [0.25, 0.3) is 0 Å². The second kappa shape index (κ2) is 9.75. The van der Waals surface area contributed by atoms with Gasteiger partial charge < -0.3 is 20.5 Å². The van der Waals surface area contributed by atoms with E-state index in [1.807, 2.05) is 24.3 Å². The molecule has 1 aliphatic heterocycles. The summed E-state index contributed by atoms with van der Waals surface area (Å²) >= 11 is 0. The average Bonchev–Trinajstić information content (AvgIpc) is 2.54. The number of hydrogen-bond donors (Lipinski definition) is 3. The first kappa shape index (κ1) is 19.7. The van der Waals surface area contributed by atoms with Gasteiger partial charge in [0.15, 0.2) is 0 Å². The van der Waals surface area contributed by atoms with Gasteiger partial charge in [-0.15, -0.1) is 12.4 Å². The van der Waals surface area contributed by atoms with E-state index >= 15 is 0 Å². The van der Waals surface area contributed by atoms with Crippen LogP contribution in [0.3, 0.4) is 0 Å². The highest BCUT2D eigenvalue weighted by Crippen LogP contribution is 2.22. The van der Waals surface area contributed by atoms with Crippen LogP contribution in [0.5, 0.6) is 5.75 Å². The van der Waals surface area contributed by atoms with E-state index in [-0.39, 0.29) is 36.9 Å². The predicted molar refractivity (Wildman–Crippen MR) is 93.0 cm³/mol. The van der Waals surface area contributed by atoms with Crippen molar-refractivity contribution in [2.45, 2.75) is 38.3 Å². The summed E-state index contributed by atoms with van der Waals surface area (Å²) in [6, 6.07) is 7.83. The van der Waals surface area contributed by atoms with Crippen LogP contribution in [0.1, 0.15) is 37.8 Å². The summed E-state index contributed by atoms with van der Waals surface area (Å²) in [5.74, 6) is 0.920. The zero-order valence-electron chi connectivity index (χ0n) is 13.7. The van der Waals surface area contributed by atoms with Crippen molar-refractivity contribution in [3.63, 3.8) is 0 Å². The highest BCUT2D eigenvalue weighted by molar-refractivity contribution is 5.85. The zero-order valence-corrected chi connectivity index (χ0v) is 14.6. The van der Waals surface area contributed by atoms with Gasteiger partial charge in [0.05, 0.1) is 13.2 Å². The van der Waals surface area contributed by atoms with Crippen molar-refractivity contribution in [3.8, 4) is 5.75 Å². The average molecular weight is 343 g/mol. The van der Waals surface area contributed by atoms with E-state index in [1.54, 1.807) is 7.11 Å². The molecule has 1 aromatic rings. The van der Waals surface area contributed by atoms with Gasteiger partial charge in [-0.3, -0.25) is 4.79 Å². The van der Waals surface area contributed by atoms with E-state index in [1.165, 1.54) is 0 Å². The number of aliphatic hydroxyl groups is 1. The molecule has 3 atom stereocenters. The molecule has 0 radical (unpaired) electrons. The van der Waals surface area contributed by atoms with Gasteiger partial charge in [0.1, 0.15) is 5.75 Å². The van der Waals surface area contributed by atoms with Gasteiger partial charge in [-0.25, -0.2) is 0 Å². The van der Waals surface area contributed by atoms with Crippen molar-refractivity contribution in [2.75, 3.05) is 20.3 Å². The van der Waals surface area contributed by atoms with Gasteiger partial charge in [-0.05, 0) is 50.4 Å². The summed E-state index contributed by atoms with van der Waals surface area (Å²) in [6.45, 7) is 3.03. The molecule has 1 heterocycles. The minimum absolute atomic E-state index is 0. The number of benzene rings is 1. The molecule has 23 heavy (non-hydrogen) atoms. The Bertz CT molecular complexity index is 481. The molecule has 5 nitrogen and oxygen atoms in total. The van der Waals surface area contributed by atoms with Crippen LogP contribution in [0, 0.1) is 5.92 Å². The Labute approximate surface area is 144 Å². The molecule has 1 aromatic carbocycles. The second-order valence-corrected chi connectivity index (χ2v) is 5.92. The van der Waals surface area contributed by atoms with Crippen LogP contribution < -0.4 is 15.4 Å². The fraction of sp³-hybridized carbons (Fsp3) is 0.588. The number of carbonyl (C=O) groups is 1. The number of ether oxygens (including phenoxy) is 1. The minimum Gasteiger partial charge on any atom is -0.497 e. The smallest absolute Gasteiger partial charge is 0.223 e. The Balaban J connectivity index is 0.00000264. The number of carbonyl (C=O) groups excluding carboxylic acids is 1. The van der Waals surface area contributed by atoms with Gasteiger partial charge >= 0.3 is 0 Å². The fourth-order valence-electron chi connectivity index (χ4n) is 2.95. The standard InChI is InChI=1S/C17H26N2O3.ClH/c1-12-11-14(7-9-18-12)17(21)19-16(8-10-20)13-3-5-15(22-2)6-4-13;/h3-6,12,14,16,18,20H,7-11H2,1-2H3,(H,19,21);1H/t12-,14-,16?;/m0./s1. The lowest BCUT2D eigenvalue weighted by molar-refractivity contribution is -0.127. The van der Waals surface area contributed by atoms with E-state index in [9.17, 15) is 9.90 Å². The molecule has 1 aliphatic rings. The Kier molecular flexibility index (Phi) is 8.37. The highest BCUT2D eigenvalue weighted by atomic mass is 35.5. The molecule has 1 amide bonds. The van der Waals surface area contributed by atoms with Gasteiger partial charge in [-0.2, -0.15) is 0 Å². The maximum absolute atomic E-state index is 12.5. The molecule has 2 rings (SSSR count). The molecule has 130 valence electrons. The number of nitrogens with one attached hydrogen (secondary N) is 2. The molecule has 6 heteroatoms. The van der Waals surface area contributed by atoms with E-state index in [0.717, 1.165) is 30.7 Å². The third-order valence-corrected chi connectivity index (χ3v) is 4.25. The number of rotatable bonds is 6. The van der Waals surface area contributed by atoms with Gasteiger partial charge in [0.2, 0.25) is 5.91 Å². The van der Waals surface area contributed by atoms with Crippen molar-refractivity contribution >= 4 is 18.3 Å². The Morgan fingerprint density at radius 1 is 1.43 bits per heavy atom. The Hall–Kier alpha value is -1.30. The predicted octanol–water partition coefficient (Wildman–Crippen LogP) is 2.04. The summed E-state index contributed by atoms with van der Waals surface area (Å²) in [6.07, 6.45) is 2.24. The maximum atomic E-state index is 12.5. The summed E-state index contributed by atoms with van der Waals surface area (Å²) < 4.78 is 5.15. The van der Waals surface area contributed by atoms with Gasteiger partial charge in [0.25, 0.3) is 0 Å². The van der Waals surface area contributed by atoms with Crippen molar-refractivity contribution in [1.29, 1.82) is 0 Å². The number of amides is 1. The lowest BCUT2D eigenvalue weighted by Gasteiger charge is -2.29. The summed E-state index contributed by atoms with van der Waals surface area (Å²) in [4.78, 5) is 12.5. The molecule has 1 unspecified atom stereocenters. The first-order chi connectivity index (χ1) is 10.6. The van der Waals surface area contributed by atoms with Crippen molar-refractivity contribution in [2.24, 2.45) is 5.92 Å². The molecule has 1 fully saturated rings. The quantitative estimate of drug-likeness (QED) is 0.740. The van der Waals surface area contributed by atoms with E-state index < -0.39 is 0 Å². The Morgan fingerprint density at radius 3 is 2.70 bits per heavy atom. The second-order valence-electron chi connectivity index (χ2n) is 5.92. The largest absolute Gasteiger partial charge is 0.497 e. The van der Waals surface area contributed by atoms with Crippen molar-refractivity contribution < 1.29 is 14.6 Å². The third-order valence-electron chi connectivity index (χ3n) is 4.25.